The third-order valence-electron chi connectivity index (χ3n) is 3.73. The van der Waals surface area contributed by atoms with E-state index in [4.69, 9.17) is 5.26 Å². The predicted octanol–water partition coefficient (Wildman–Crippen LogP) is 1.38. The quantitative estimate of drug-likeness (QED) is 0.864. The maximum atomic E-state index is 12.3. The molecule has 0 bridgehead atoms. The Balaban J connectivity index is 2.37. The molecule has 0 unspecified atom stereocenters. The summed E-state index contributed by atoms with van der Waals surface area (Å²) in [6, 6.07) is 5.96. The molecule has 2 rings (SSSR count). The average Bonchev–Trinajstić information content (AvgIpc) is 2.53. The normalized spacial score (nSPS) is 12.1. The van der Waals surface area contributed by atoms with Crippen LogP contribution in [-0.4, -0.2) is 21.5 Å². The van der Waals surface area contributed by atoms with E-state index in [0.717, 1.165) is 4.57 Å². The molecule has 2 N–H and O–H groups in total. The summed E-state index contributed by atoms with van der Waals surface area (Å²) in [5.74, 6) is -0.139. The monoisotopic (exact) mass is 328 g/mol. The van der Waals surface area contributed by atoms with Crippen molar-refractivity contribution in [1.82, 2.24) is 14.9 Å². The highest BCUT2D eigenvalue weighted by Gasteiger charge is 2.16. The fraction of sp³-hybridized carbons (Fsp3) is 0.412. The van der Waals surface area contributed by atoms with Gasteiger partial charge in [0.1, 0.15) is 6.04 Å². The number of hydrogen-bond acceptors (Lipinski definition) is 4. The predicted molar refractivity (Wildman–Crippen MR) is 90.8 cm³/mol. The molecule has 0 saturated carbocycles. The van der Waals surface area contributed by atoms with Crippen LogP contribution >= 0.6 is 0 Å². The van der Waals surface area contributed by atoms with Crippen molar-refractivity contribution in [3.05, 3.63) is 44.6 Å². The third kappa shape index (κ3) is 3.54. The summed E-state index contributed by atoms with van der Waals surface area (Å²) in [4.78, 5) is 39.0. The Hall–Kier alpha value is -2.88. The molecular formula is C17H20N4O3. The van der Waals surface area contributed by atoms with E-state index in [1.807, 2.05) is 13.8 Å². The summed E-state index contributed by atoms with van der Waals surface area (Å²) in [6.45, 7) is 5.92. The number of aromatic amines is 1. The van der Waals surface area contributed by atoms with Gasteiger partial charge in [-0.05, 0) is 37.5 Å². The Morgan fingerprint density at radius 1 is 1.38 bits per heavy atom. The van der Waals surface area contributed by atoms with Crippen LogP contribution < -0.4 is 16.6 Å². The zero-order valence-electron chi connectivity index (χ0n) is 13.9. The van der Waals surface area contributed by atoms with Gasteiger partial charge in [-0.15, -0.1) is 0 Å². The molecule has 7 heteroatoms. The molecule has 1 atom stereocenters. The third-order valence-corrected chi connectivity index (χ3v) is 3.73. The lowest BCUT2D eigenvalue weighted by Crippen LogP contribution is -2.35. The number of carbonyl (C=O) groups excluding carboxylic acids is 1. The Morgan fingerprint density at radius 3 is 2.67 bits per heavy atom. The number of amides is 1. The SMILES string of the molecule is CCn1c(=O)[nH]c2cc(C(=O)N[C@H](C#N)CC(C)C)ccc2c1=O. The van der Waals surface area contributed by atoms with Crippen molar-refractivity contribution in [1.29, 1.82) is 5.26 Å². The largest absolute Gasteiger partial charge is 0.336 e. The zero-order valence-corrected chi connectivity index (χ0v) is 13.9. The van der Waals surface area contributed by atoms with Crippen molar-refractivity contribution in [3.63, 3.8) is 0 Å². The van der Waals surface area contributed by atoms with E-state index in [-0.39, 0.29) is 18.0 Å². The molecule has 126 valence electrons. The smallest absolute Gasteiger partial charge is 0.328 e. The number of nitrogens with zero attached hydrogens (tertiary/aromatic N) is 2. The van der Waals surface area contributed by atoms with E-state index in [2.05, 4.69) is 16.4 Å². The highest BCUT2D eigenvalue weighted by atomic mass is 16.2. The molecule has 1 amide bonds. The van der Waals surface area contributed by atoms with Gasteiger partial charge in [0.2, 0.25) is 0 Å². The molecule has 0 spiro atoms. The van der Waals surface area contributed by atoms with Gasteiger partial charge in [-0.1, -0.05) is 13.8 Å². The average molecular weight is 328 g/mol. The van der Waals surface area contributed by atoms with Gasteiger partial charge in [0.15, 0.2) is 0 Å². The first kappa shape index (κ1) is 17.5. The van der Waals surface area contributed by atoms with Crippen LogP contribution in [0.2, 0.25) is 0 Å². The number of fused-ring (bicyclic) bond motifs is 1. The number of nitriles is 1. The van der Waals surface area contributed by atoms with Crippen LogP contribution in [0.25, 0.3) is 10.9 Å². The van der Waals surface area contributed by atoms with E-state index < -0.39 is 23.2 Å². The summed E-state index contributed by atoms with van der Waals surface area (Å²) in [7, 11) is 0. The van der Waals surface area contributed by atoms with Crippen LogP contribution in [0.5, 0.6) is 0 Å². The summed E-state index contributed by atoms with van der Waals surface area (Å²) < 4.78 is 1.09. The first-order valence-corrected chi connectivity index (χ1v) is 7.84. The molecule has 1 aromatic carbocycles. The van der Waals surface area contributed by atoms with Crippen molar-refractivity contribution < 1.29 is 4.79 Å². The minimum atomic E-state index is -0.583. The second-order valence-corrected chi connectivity index (χ2v) is 6.02. The molecule has 2 aromatic rings. The molecule has 0 aliphatic carbocycles. The minimum absolute atomic E-state index is 0.269. The van der Waals surface area contributed by atoms with Gasteiger partial charge in [0, 0.05) is 12.1 Å². The van der Waals surface area contributed by atoms with Gasteiger partial charge in [-0.3, -0.25) is 14.2 Å². The fourth-order valence-corrected chi connectivity index (χ4v) is 2.54. The van der Waals surface area contributed by atoms with Gasteiger partial charge in [-0.25, -0.2) is 4.79 Å². The molecule has 24 heavy (non-hydrogen) atoms. The van der Waals surface area contributed by atoms with Gasteiger partial charge in [0.25, 0.3) is 11.5 Å². The molecule has 0 fully saturated rings. The summed E-state index contributed by atoms with van der Waals surface area (Å²) in [6.07, 6.45) is 0.549. The van der Waals surface area contributed by atoms with E-state index in [1.165, 1.54) is 18.2 Å². The number of rotatable bonds is 5. The fourth-order valence-electron chi connectivity index (χ4n) is 2.54. The molecule has 0 saturated heterocycles. The highest BCUT2D eigenvalue weighted by Crippen LogP contribution is 2.11. The van der Waals surface area contributed by atoms with Crippen LogP contribution in [0.4, 0.5) is 0 Å². The molecule has 0 aliphatic rings. The molecule has 0 aliphatic heterocycles. The van der Waals surface area contributed by atoms with Crippen molar-refractivity contribution in [2.24, 2.45) is 5.92 Å². The van der Waals surface area contributed by atoms with Crippen LogP contribution in [-0.2, 0) is 6.54 Å². The zero-order chi connectivity index (χ0) is 17.9. The van der Waals surface area contributed by atoms with Crippen molar-refractivity contribution in [2.75, 3.05) is 0 Å². The Bertz CT molecular complexity index is 918. The summed E-state index contributed by atoms with van der Waals surface area (Å²) in [5.41, 5.74) is -0.310. The van der Waals surface area contributed by atoms with E-state index in [9.17, 15) is 14.4 Å². The van der Waals surface area contributed by atoms with Crippen molar-refractivity contribution in [3.8, 4) is 6.07 Å². The maximum absolute atomic E-state index is 12.3. The Labute approximate surface area is 138 Å². The van der Waals surface area contributed by atoms with Crippen LogP contribution in [0.15, 0.2) is 27.8 Å². The number of aromatic nitrogens is 2. The van der Waals surface area contributed by atoms with Gasteiger partial charge in [-0.2, -0.15) is 5.26 Å². The number of benzene rings is 1. The maximum Gasteiger partial charge on any atom is 0.328 e. The molecule has 0 radical (unpaired) electrons. The van der Waals surface area contributed by atoms with Gasteiger partial charge >= 0.3 is 5.69 Å². The second-order valence-electron chi connectivity index (χ2n) is 6.02. The van der Waals surface area contributed by atoms with E-state index in [1.54, 1.807) is 6.92 Å². The Morgan fingerprint density at radius 2 is 2.08 bits per heavy atom. The highest BCUT2D eigenvalue weighted by molar-refractivity contribution is 5.97. The summed E-state index contributed by atoms with van der Waals surface area (Å²) >= 11 is 0. The lowest BCUT2D eigenvalue weighted by atomic mass is 10.0. The lowest BCUT2D eigenvalue weighted by molar-refractivity contribution is 0.0942. The molecule has 7 nitrogen and oxygen atoms in total. The number of nitrogens with one attached hydrogen (secondary N) is 2. The van der Waals surface area contributed by atoms with Crippen LogP contribution in [0, 0.1) is 17.2 Å². The van der Waals surface area contributed by atoms with E-state index >= 15 is 0 Å². The molecular weight excluding hydrogens is 308 g/mol. The summed E-state index contributed by atoms with van der Waals surface area (Å²) in [5, 5.41) is 12.1. The van der Waals surface area contributed by atoms with Crippen LogP contribution in [0.1, 0.15) is 37.6 Å². The van der Waals surface area contributed by atoms with Gasteiger partial charge < -0.3 is 10.3 Å². The first-order valence-electron chi connectivity index (χ1n) is 7.84. The number of hydrogen-bond donors (Lipinski definition) is 2. The number of carbonyl (C=O) groups is 1. The Kier molecular flexibility index (Phi) is 5.19. The van der Waals surface area contributed by atoms with Crippen molar-refractivity contribution >= 4 is 16.8 Å². The topological polar surface area (TPSA) is 108 Å². The minimum Gasteiger partial charge on any atom is -0.336 e. The second kappa shape index (κ2) is 7.13. The number of H-pyrrole nitrogens is 1. The van der Waals surface area contributed by atoms with E-state index in [0.29, 0.717) is 17.3 Å². The van der Waals surface area contributed by atoms with Crippen LogP contribution in [0.3, 0.4) is 0 Å². The first-order chi connectivity index (χ1) is 11.4. The van der Waals surface area contributed by atoms with Crippen molar-refractivity contribution in [2.45, 2.75) is 39.8 Å². The standard InChI is InChI=1S/C17H20N4O3/c1-4-21-16(23)13-6-5-11(8-14(13)20-17(21)24)15(22)19-12(9-18)7-10(2)3/h5-6,8,10,12H,4,7H2,1-3H3,(H,19,22)(H,20,24)/t12-/m0/s1. The molecule has 1 aromatic heterocycles. The molecule has 1 heterocycles. The van der Waals surface area contributed by atoms with Gasteiger partial charge in [0.05, 0.1) is 17.0 Å². The lowest BCUT2D eigenvalue weighted by Gasteiger charge is -2.14.